The van der Waals surface area contributed by atoms with Crippen molar-refractivity contribution in [1.29, 1.82) is 0 Å². The van der Waals surface area contributed by atoms with Crippen LogP contribution < -0.4 is 0 Å². The fraction of sp³-hybridized carbons (Fsp3) is 0.421. The Hall–Kier alpha value is -2.70. The maximum Gasteiger partial charge on any atom is 0.414 e. The summed E-state index contributed by atoms with van der Waals surface area (Å²) >= 11 is 3.74. The molecule has 0 aliphatic carbocycles. The van der Waals surface area contributed by atoms with Crippen molar-refractivity contribution in [1.82, 2.24) is 9.88 Å². The first-order valence-electron chi connectivity index (χ1n) is 9.34. The van der Waals surface area contributed by atoms with Crippen molar-refractivity contribution in [2.24, 2.45) is 0 Å². The van der Waals surface area contributed by atoms with Crippen LogP contribution in [0.4, 0.5) is 0 Å². The van der Waals surface area contributed by atoms with Gasteiger partial charge >= 0.3 is 23.9 Å². The number of carboxylic acids is 4. The lowest BCUT2D eigenvalue weighted by Gasteiger charge is -2.26. The number of nitrogens with zero attached hydrogens (tertiary/aromatic N) is 2. The maximum absolute atomic E-state index is 9.10. The summed E-state index contributed by atoms with van der Waals surface area (Å²) in [7, 11) is 0. The lowest BCUT2D eigenvalue weighted by molar-refractivity contribution is -0.159. The van der Waals surface area contributed by atoms with E-state index in [2.05, 4.69) is 34.1 Å². The summed E-state index contributed by atoms with van der Waals surface area (Å²) in [6.07, 6.45) is 5.49. The normalized spacial score (nSPS) is 13.3. The Balaban J connectivity index is 0.000000333. The molecule has 4 N–H and O–H groups in total. The molecule has 1 fully saturated rings. The fourth-order valence-corrected chi connectivity index (χ4v) is 4.61. The van der Waals surface area contributed by atoms with Gasteiger partial charge in [0.1, 0.15) is 0 Å². The fourth-order valence-electron chi connectivity index (χ4n) is 2.54. The molecule has 0 saturated carbocycles. The van der Waals surface area contributed by atoms with Crippen LogP contribution in [0.15, 0.2) is 28.6 Å². The third-order valence-corrected chi connectivity index (χ3v) is 6.20. The first-order chi connectivity index (χ1) is 14.7. The highest BCUT2D eigenvalue weighted by Crippen LogP contribution is 2.29. The summed E-state index contributed by atoms with van der Waals surface area (Å²) in [5, 5.41) is 29.6. The Morgan fingerprint density at radius 1 is 0.903 bits per heavy atom. The van der Waals surface area contributed by atoms with Gasteiger partial charge in [-0.25, -0.2) is 24.2 Å². The summed E-state index contributed by atoms with van der Waals surface area (Å²) in [6, 6.07) is 8.41. The Morgan fingerprint density at radius 3 is 1.97 bits per heavy atom. The highest BCUT2D eigenvalue weighted by atomic mass is 32.2. The molecule has 0 bridgehead atoms. The number of carbonyl (C=O) groups is 4. The van der Waals surface area contributed by atoms with Gasteiger partial charge in [-0.2, -0.15) is 0 Å². The van der Waals surface area contributed by atoms with Crippen LogP contribution in [0.3, 0.4) is 0 Å². The van der Waals surface area contributed by atoms with Gasteiger partial charge in [0.05, 0.1) is 10.2 Å². The molecule has 170 valence electrons. The second kappa shape index (κ2) is 14.3. The minimum atomic E-state index is -1.82. The van der Waals surface area contributed by atoms with Crippen LogP contribution in [0.25, 0.3) is 10.2 Å². The van der Waals surface area contributed by atoms with Crippen molar-refractivity contribution in [3.05, 3.63) is 24.3 Å². The van der Waals surface area contributed by atoms with Crippen LogP contribution in [0.5, 0.6) is 0 Å². The second-order valence-electron chi connectivity index (χ2n) is 6.27. The standard InChI is InChI=1S/C15H20N2S2.2C2H2O4/c1-4-9-17(10-5-1)11-6-12-18-15-16-13-7-2-3-8-14(13)19-15;2*3-1(4)2(5)6/h2-3,7-8H,1,4-6,9-12H2;2*(H,3,4)(H,5,6). The molecule has 1 saturated heterocycles. The molecule has 0 unspecified atom stereocenters. The van der Waals surface area contributed by atoms with E-state index < -0.39 is 23.9 Å². The summed E-state index contributed by atoms with van der Waals surface area (Å²) in [6.45, 7) is 3.88. The van der Waals surface area contributed by atoms with Crippen molar-refractivity contribution in [3.8, 4) is 0 Å². The molecule has 2 heterocycles. The number of para-hydroxylation sites is 1. The minimum Gasteiger partial charge on any atom is -0.473 e. The zero-order valence-corrected chi connectivity index (χ0v) is 18.2. The van der Waals surface area contributed by atoms with Gasteiger partial charge in [0.15, 0.2) is 4.34 Å². The number of fused-ring (bicyclic) bond motifs is 1. The minimum absolute atomic E-state index is 1.14. The number of aliphatic carboxylic acids is 4. The van der Waals surface area contributed by atoms with E-state index in [1.165, 1.54) is 60.1 Å². The Kier molecular flexibility index (Phi) is 12.2. The van der Waals surface area contributed by atoms with Crippen molar-refractivity contribution >= 4 is 57.2 Å². The van der Waals surface area contributed by atoms with Gasteiger partial charge in [-0.05, 0) is 51.0 Å². The number of hydrogen-bond donors (Lipinski definition) is 4. The SMILES string of the molecule is O=C(O)C(=O)O.O=C(O)C(=O)O.c1ccc2sc(SCCCN3CCCCC3)nc2c1. The second-order valence-corrected chi connectivity index (χ2v) is 8.65. The van der Waals surface area contributed by atoms with Crippen molar-refractivity contribution in [3.63, 3.8) is 0 Å². The Labute approximate surface area is 186 Å². The molecule has 1 aliphatic heterocycles. The molecule has 2 aromatic rings. The highest BCUT2D eigenvalue weighted by Gasteiger charge is 2.09. The van der Waals surface area contributed by atoms with E-state index >= 15 is 0 Å². The molecule has 10 nitrogen and oxygen atoms in total. The third-order valence-electron chi connectivity index (χ3n) is 3.93. The van der Waals surface area contributed by atoms with Crippen LogP contribution in [-0.2, 0) is 19.2 Å². The quantitative estimate of drug-likeness (QED) is 0.287. The van der Waals surface area contributed by atoms with Gasteiger partial charge < -0.3 is 25.3 Å². The van der Waals surface area contributed by atoms with Crippen molar-refractivity contribution in [2.75, 3.05) is 25.4 Å². The van der Waals surface area contributed by atoms with Gasteiger partial charge in [-0.15, -0.1) is 11.3 Å². The number of piperidine rings is 1. The molecular formula is C19H24N2O8S2. The van der Waals surface area contributed by atoms with E-state index in [-0.39, 0.29) is 0 Å². The highest BCUT2D eigenvalue weighted by molar-refractivity contribution is 8.01. The van der Waals surface area contributed by atoms with Crippen LogP contribution in [0.2, 0.25) is 0 Å². The average molecular weight is 473 g/mol. The zero-order chi connectivity index (χ0) is 23.2. The number of carboxylic acid groups (broad SMARTS) is 4. The molecule has 0 spiro atoms. The molecule has 1 aliphatic rings. The number of benzene rings is 1. The summed E-state index contributed by atoms with van der Waals surface area (Å²) in [4.78, 5) is 43.7. The van der Waals surface area contributed by atoms with E-state index in [4.69, 9.17) is 39.6 Å². The summed E-state index contributed by atoms with van der Waals surface area (Å²) in [5.41, 5.74) is 1.14. The monoisotopic (exact) mass is 472 g/mol. The van der Waals surface area contributed by atoms with Gasteiger partial charge in [0, 0.05) is 5.75 Å². The van der Waals surface area contributed by atoms with Crippen molar-refractivity contribution in [2.45, 2.75) is 30.0 Å². The number of likely N-dealkylation sites (tertiary alicyclic amines) is 1. The third kappa shape index (κ3) is 11.3. The van der Waals surface area contributed by atoms with E-state index in [1.54, 1.807) is 0 Å². The molecule has 1 aromatic heterocycles. The van der Waals surface area contributed by atoms with Crippen molar-refractivity contribution < 1.29 is 39.6 Å². The van der Waals surface area contributed by atoms with E-state index in [0.717, 1.165) is 5.52 Å². The zero-order valence-electron chi connectivity index (χ0n) is 16.6. The number of aromatic nitrogens is 1. The average Bonchev–Trinajstić information content (AvgIpc) is 3.15. The maximum atomic E-state index is 9.10. The molecule has 12 heteroatoms. The largest absolute Gasteiger partial charge is 0.473 e. The smallest absolute Gasteiger partial charge is 0.414 e. The predicted octanol–water partition coefficient (Wildman–Crippen LogP) is 2.58. The van der Waals surface area contributed by atoms with Crippen LogP contribution in [-0.4, -0.2) is 79.6 Å². The first kappa shape index (κ1) is 26.3. The van der Waals surface area contributed by atoms with E-state index in [1.807, 2.05) is 23.1 Å². The lowest BCUT2D eigenvalue weighted by atomic mass is 10.1. The Bertz CT molecular complexity index is 800. The number of rotatable bonds is 5. The molecule has 3 rings (SSSR count). The summed E-state index contributed by atoms with van der Waals surface area (Å²) in [5.74, 6) is -6.11. The number of hydrogen-bond acceptors (Lipinski definition) is 8. The van der Waals surface area contributed by atoms with Crippen LogP contribution >= 0.6 is 23.1 Å². The molecular weight excluding hydrogens is 448 g/mol. The topological polar surface area (TPSA) is 165 Å². The molecule has 1 aromatic carbocycles. The van der Waals surface area contributed by atoms with E-state index in [0.29, 0.717) is 0 Å². The van der Waals surface area contributed by atoms with Gasteiger partial charge in [0.2, 0.25) is 0 Å². The Morgan fingerprint density at radius 2 is 1.45 bits per heavy atom. The summed E-state index contributed by atoms with van der Waals surface area (Å²) < 4.78 is 2.53. The lowest BCUT2D eigenvalue weighted by Crippen LogP contribution is -2.30. The number of thiazole rings is 1. The molecule has 0 amide bonds. The van der Waals surface area contributed by atoms with E-state index in [9.17, 15) is 0 Å². The molecule has 0 radical (unpaired) electrons. The number of thioether (sulfide) groups is 1. The van der Waals surface area contributed by atoms with Gasteiger partial charge in [-0.3, -0.25) is 0 Å². The van der Waals surface area contributed by atoms with Crippen LogP contribution in [0.1, 0.15) is 25.7 Å². The van der Waals surface area contributed by atoms with Crippen LogP contribution in [0, 0.1) is 0 Å². The molecule has 31 heavy (non-hydrogen) atoms. The van der Waals surface area contributed by atoms with Gasteiger partial charge in [-0.1, -0.05) is 30.3 Å². The van der Waals surface area contributed by atoms with Gasteiger partial charge in [0.25, 0.3) is 0 Å². The first-order valence-corrected chi connectivity index (χ1v) is 11.1. The molecule has 0 atom stereocenters. The predicted molar refractivity (Wildman–Crippen MR) is 116 cm³/mol.